The van der Waals surface area contributed by atoms with E-state index >= 15 is 0 Å². The van der Waals surface area contributed by atoms with Crippen molar-refractivity contribution in [1.29, 1.82) is 5.26 Å². The van der Waals surface area contributed by atoms with Crippen LogP contribution in [0.5, 0.6) is 5.88 Å². The number of benzene rings is 2. The molecule has 0 saturated carbocycles. The largest absolute Gasteiger partial charge is 0.493 e. The maximum atomic E-state index is 12.8. The Morgan fingerprint density at radius 1 is 1.17 bits per heavy atom. The summed E-state index contributed by atoms with van der Waals surface area (Å²) in [4.78, 5) is 12.8. The van der Waals surface area contributed by atoms with Crippen LogP contribution in [0.3, 0.4) is 0 Å². The molecule has 120 valence electrons. The van der Waals surface area contributed by atoms with Crippen LogP contribution in [0, 0.1) is 11.3 Å². The predicted molar refractivity (Wildman–Crippen MR) is 88.1 cm³/mol. The highest BCUT2D eigenvalue weighted by Gasteiger charge is 2.29. The zero-order valence-corrected chi connectivity index (χ0v) is 12.8. The smallest absolute Gasteiger partial charge is 0.336 e. The Labute approximate surface area is 137 Å². The standard InChI is InChI=1S/C18H15N3O3/c19-10-11-7-8-14(13-5-2-1-4-12(11)13)21-17(23)16-15(22)6-3-9-20(16)18(21)24/h1-2,4-5,7-8,15,22-23H,3,6,9H2/t15-/m1/s1. The molecule has 0 aliphatic carbocycles. The fourth-order valence-electron chi connectivity index (χ4n) is 3.47. The van der Waals surface area contributed by atoms with Crippen molar-refractivity contribution in [1.82, 2.24) is 9.13 Å². The first-order valence-electron chi connectivity index (χ1n) is 7.78. The van der Waals surface area contributed by atoms with Gasteiger partial charge in [-0.05, 0) is 25.0 Å². The molecule has 0 amide bonds. The Kier molecular flexibility index (Phi) is 3.18. The summed E-state index contributed by atoms with van der Waals surface area (Å²) in [7, 11) is 0. The van der Waals surface area contributed by atoms with Crippen molar-refractivity contribution >= 4 is 10.8 Å². The van der Waals surface area contributed by atoms with Gasteiger partial charge in [-0.25, -0.2) is 9.36 Å². The van der Waals surface area contributed by atoms with E-state index in [9.17, 15) is 20.3 Å². The fraction of sp³-hybridized carbons (Fsp3) is 0.222. The molecule has 0 unspecified atom stereocenters. The fourth-order valence-corrected chi connectivity index (χ4v) is 3.47. The van der Waals surface area contributed by atoms with Crippen molar-refractivity contribution < 1.29 is 10.2 Å². The number of imidazole rings is 1. The molecular weight excluding hydrogens is 306 g/mol. The Morgan fingerprint density at radius 3 is 2.62 bits per heavy atom. The van der Waals surface area contributed by atoms with Gasteiger partial charge in [-0.3, -0.25) is 4.57 Å². The zero-order chi connectivity index (χ0) is 16.8. The van der Waals surface area contributed by atoms with Crippen LogP contribution < -0.4 is 5.69 Å². The molecule has 1 atom stereocenters. The number of rotatable bonds is 1. The summed E-state index contributed by atoms with van der Waals surface area (Å²) in [6.45, 7) is 0.472. The lowest BCUT2D eigenvalue weighted by Crippen LogP contribution is -2.27. The van der Waals surface area contributed by atoms with Crippen LogP contribution in [0.15, 0.2) is 41.2 Å². The molecule has 0 radical (unpaired) electrons. The molecule has 2 heterocycles. The summed E-state index contributed by atoms with van der Waals surface area (Å²) < 4.78 is 2.64. The van der Waals surface area contributed by atoms with E-state index in [4.69, 9.17) is 0 Å². The zero-order valence-electron chi connectivity index (χ0n) is 12.8. The normalized spacial score (nSPS) is 16.8. The number of aromatic hydroxyl groups is 1. The Bertz CT molecular complexity index is 1060. The van der Waals surface area contributed by atoms with E-state index in [1.165, 1.54) is 9.13 Å². The van der Waals surface area contributed by atoms with E-state index in [-0.39, 0.29) is 17.3 Å². The van der Waals surface area contributed by atoms with Crippen molar-refractivity contribution in [3.63, 3.8) is 0 Å². The van der Waals surface area contributed by atoms with Crippen molar-refractivity contribution in [2.75, 3.05) is 0 Å². The monoisotopic (exact) mass is 321 g/mol. The van der Waals surface area contributed by atoms with Gasteiger partial charge in [0.1, 0.15) is 5.69 Å². The maximum Gasteiger partial charge on any atom is 0.336 e. The van der Waals surface area contributed by atoms with Crippen molar-refractivity contribution in [3.8, 4) is 17.6 Å². The molecule has 0 saturated heterocycles. The number of aliphatic hydroxyl groups is 1. The highest BCUT2D eigenvalue weighted by molar-refractivity contribution is 5.94. The second kappa shape index (κ2) is 5.25. The molecule has 6 nitrogen and oxygen atoms in total. The number of aliphatic hydroxyl groups excluding tert-OH is 1. The summed E-state index contributed by atoms with van der Waals surface area (Å²) in [6, 6.07) is 12.7. The van der Waals surface area contributed by atoms with Gasteiger partial charge in [0.25, 0.3) is 0 Å². The average Bonchev–Trinajstić information content (AvgIpc) is 2.86. The first-order chi connectivity index (χ1) is 11.6. The minimum absolute atomic E-state index is 0.234. The van der Waals surface area contributed by atoms with Gasteiger partial charge in [0.15, 0.2) is 0 Å². The molecule has 3 aromatic rings. The van der Waals surface area contributed by atoms with Gasteiger partial charge < -0.3 is 10.2 Å². The Morgan fingerprint density at radius 2 is 1.92 bits per heavy atom. The molecule has 24 heavy (non-hydrogen) atoms. The number of aromatic nitrogens is 2. The SMILES string of the molecule is N#Cc1ccc(-n2c(O)c3n(c2=O)CCC[C@H]3O)c2ccccc12. The molecular formula is C18H15N3O3. The summed E-state index contributed by atoms with van der Waals surface area (Å²) in [6.07, 6.45) is 0.355. The van der Waals surface area contributed by atoms with E-state index in [0.717, 1.165) is 0 Å². The van der Waals surface area contributed by atoms with E-state index in [1.54, 1.807) is 12.1 Å². The van der Waals surface area contributed by atoms with Crippen LogP contribution in [0.2, 0.25) is 0 Å². The summed E-state index contributed by atoms with van der Waals surface area (Å²) in [5.41, 5.74) is 0.892. The molecule has 0 spiro atoms. The van der Waals surface area contributed by atoms with Gasteiger partial charge >= 0.3 is 5.69 Å². The average molecular weight is 321 g/mol. The van der Waals surface area contributed by atoms with Gasteiger partial charge in [-0.15, -0.1) is 0 Å². The molecule has 2 aromatic carbocycles. The number of fused-ring (bicyclic) bond motifs is 2. The van der Waals surface area contributed by atoms with Gasteiger partial charge in [-0.1, -0.05) is 24.3 Å². The third-order valence-electron chi connectivity index (χ3n) is 4.59. The third kappa shape index (κ3) is 1.88. The highest BCUT2D eigenvalue weighted by Crippen LogP contribution is 2.34. The summed E-state index contributed by atoms with van der Waals surface area (Å²) in [5.74, 6) is -0.234. The number of hydrogen-bond acceptors (Lipinski definition) is 4. The molecule has 1 aliphatic heterocycles. The van der Waals surface area contributed by atoms with Gasteiger partial charge in [-0.2, -0.15) is 5.26 Å². The first kappa shape index (κ1) is 14.5. The molecule has 0 fully saturated rings. The van der Waals surface area contributed by atoms with Gasteiger partial charge in [0, 0.05) is 17.3 Å². The van der Waals surface area contributed by atoms with Crippen molar-refractivity contribution in [2.24, 2.45) is 0 Å². The van der Waals surface area contributed by atoms with Crippen LogP contribution in [-0.4, -0.2) is 19.3 Å². The predicted octanol–water partition coefficient (Wildman–Crippen LogP) is 2.20. The minimum atomic E-state index is -0.850. The van der Waals surface area contributed by atoms with Crippen LogP contribution in [0.1, 0.15) is 30.2 Å². The van der Waals surface area contributed by atoms with Gasteiger partial charge in [0.2, 0.25) is 5.88 Å². The van der Waals surface area contributed by atoms with Crippen molar-refractivity contribution in [3.05, 3.63) is 58.1 Å². The van der Waals surface area contributed by atoms with Crippen LogP contribution >= 0.6 is 0 Å². The lowest BCUT2D eigenvalue weighted by Gasteiger charge is -2.18. The third-order valence-corrected chi connectivity index (χ3v) is 4.59. The van der Waals surface area contributed by atoms with Gasteiger partial charge in [0.05, 0.1) is 23.4 Å². The summed E-state index contributed by atoms with van der Waals surface area (Å²) >= 11 is 0. The molecule has 6 heteroatoms. The summed E-state index contributed by atoms with van der Waals surface area (Å²) in [5, 5.41) is 31.4. The lowest BCUT2D eigenvalue weighted by atomic mass is 10.0. The minimum Gasteiger partial charge on any atom is -0.493 e. The topological polar surface area (TPSA) is 91.2 Å². The number of nitrogens with zero attached hydrogens (tertiary/aromatic N) is 3. The van der Waals surface area contributed by atoms with Crippen molar-refractivity contribution in [2.45, 2.75) is 25.5 Å². The molecule has 1 aromatic heterocycles. The lowest BCUT2D eigenvalue weighted by molar-refractivity contribution is 0.134. The Balaban J connectivity index is 2.08. The Hall–Kier alpha value is -3.04. The van der Waals surface area contributed by atoms with E-state index in [0.29, 0.717) is 41.4 Å². The second-order valence-electron chi connectivity index (χ2n) is 5.93. The molecule has 0 bridgehead atoms. The molecule has 2 N–H and O–H groups in total. The van der Waals surface area contributed by atoms with E-state index in [1.807, 2.05) is 24.3 Å². The number of nitriles is 1. The highest BCUT2D eigenvalue weighted by atomic mass is 16.3. The quantitative estimate of drug-likeness (QED) is 0.719. The van der Waals surface area contributed by atoms with Crippen LogP contribution in [0.4, 0.5) is 0 Å². The van der Waals surface area contributed by atoms with E-state index in [2.05, 4.69) is 6.07 Å². The first-order valence-corrected chi connectivity index (χ1v) is 7.78. The maximum absolute atomic E-state index is 12.8. The van der Waals surface area contributed by atoms with Crippen LogP contribution in [0.25, 0.3) is 16.5 Å². The molecule has 1 aliphatic rings. The van der Waals surface area contributed by atoms with E-state index < -0.39 is 6.10 Å². The second-order valence-corrected chi connectivity index (χ2v) is 5.93. The number of hydrogen-bond donors (Lipinski definition) is 2. The van der Waals surface area contributed by atoms with Crippen LogP contribution in [-0.2, 0) is 6.54 Å². The molecule has 4 rings (SSSR count).